The van der Waals surface area contributed by atoms with Crippen molar-refractivity contribution in [1.29, 1.82) is 0 Å². The maximum atomic E-state index is 12.5. The monoisotopic (exact) mass is 289 g/mol. The third kappa shape index (κ3) is 2.44. The van der Waals surface area contributed by atoms with Crippen LogP contribution in [0.5, 0.6) is 0 Å². The van der Waals surface area contributed by atoms with Gasteiger partial charge in [0, 0.05) is 6.54 Å². The first-order valence-electron chi connectivity index (χ1n) is 6.76. The SMILES string of the molecule is Cc1ccc(C2CCCN2C(=O)c2ccc(C(=O)O)o2)o1. The quantitative estimate of drug-likeness (QED) is 0.939. The van der Waals surface area contributed by atoms with E-state index in [2.05, 4.69) is 0 Å². The zero-order valence-corrected chi connectivity index (χ0v) is 11.5. The van der Waals surface area contributed by atoms with Crippen LogP contribution in [0.1, 0.15) is 51.5 Å². The smallest absolute Gasteiger partial charge is 0.371 e. The summed E-state index contributed by atoms with van der Waals surface area (Å²) in [7, 11) is 0. The second kappa shape index (κ2) is 5.12. The Morgan fingerprint density at radius 1 is 1.19 bits per heavy atom. The summed E-state index contributed by atoms with van der Waals surface area (Å²) in [5, 5.41) is 8.84. The maximum absolute atomic E-state index is 12.5. The topological polar surface area (TPSA) is 83.9 Å². The molecule has 2 aromatic rings. The van der Waals surface area contributed by atoms with Gasteiger partial charge in [-0.1, -0.05) is 0 Å². The molecule has 1 unspecified atom stereocenters. The van der Waals surface area contributed by atoms with Crippen molar-refractivity contribution in [2.24, 2.45) is 0 Å². The van der Waals surface area contributed by atoms with E-state index < -0.39 is 5.97 Å². The number of carbonyl (C=O) groups excluding carboxylic acids is 1. The van der Waals surface area contributed by atoms with E-state index in [0.29, 0.717) is 6.54 Å². The number of nitrogens with zero attached hydrogens (tertiary/aromatic N) is 1. The Kier molecular flexibility index (Phi) is 3.29. The van der Waals surface area contributed by atoms with E-state index >= 15 is 0 Å². The van der Waals surface area contributed by atoms with Crippen LogP contribution in [0.25, 0.3) is 0 Å². The molecule has 1 aliphatic heterocycles. The lowest BCUT2D eigenvalue weighted by Crippen LogP contribution is -2.30. The third-order valence-corrected chi connectivity index (χ3v) is 3.63. The molecule has 6 nitrogen and oxygen atoms in total. The molecule has 0 aromatic carbocycles. The number of likely N-dealkylation sites (tertiary alicyclic amines) is 1. The van der Waals surface area contributed by atoms with E-state index in [1.807, 2.05) is 19.1 Å². The molecule has 110 valence electrons. The molecule has 1 N–H and O–H groups in total. The average molecular weight is 289 g/mol. The van der Waals surface area contributed by atoms with Crippen molar-refractivity contribution in [3.05, 3.63) is 47.3 Å². The summed E-state index contributed by atoms with van der Waals surface area (Å²) in [6.07, 6.45) is 1.70. The van der Waals surface area contributed by atoms with Crippen molar-refractivity contribution < 1.29 is 23.5 Å². The van der Waals surface area contributed by atoms with Gasteiger partial charge in [0.25, 0.3) is 5.91 Å². The largest absolute Gasteiger partial charge is 0.475 e. The highest BCUT2D eigenvalue weighted by Crippen LogP contribution is 2.34. The number of rotatable bonds is 3. The molecule has 0 saturated carbocycles. The van der Waals surface area contributed by atoms with Gasteiger partial charge in [-0.25, -0.2) is 4.79 Å². The minimum atomic E-state index is -1.19. The second-order valence-corrected chi connectivity index (χ2v) is 5.07. The molecule has 1 amide bonds. The molecule has 3 rings (SSSR count). The van der Waals surface area contributed by atoms with Crippen LogP contribution in [0.15, 0.2) is 33.1 Å². The molecule has 0 bridgehead atoms. The first-order chi connectivity index (χ1) is 10.1. The van der Waals surface area contributed by atoms with Crippen LogP contribution >= 0.6 is 0 Å². The predicted molar refractivity (Wildman–Crippen MR) is 72.1 cm³/mol. The van der Waals surface area contributed by atoms with Crippen LogP contribution in [0.3, 0.4) is 0 Å². The van der Waals surface area contributed by atoms with Crippen molar-refractivity contribution in [2.75, 3.05) is 6.54 Å². The fourth-order valence-electron chi connectivity index (χ4n) is 2.65. The van der Waals surface area contributed by atoms with Crippen LogP contribution in [0.4, 0.5) is 0 Å². The van der Waals surface area contributed by atoms with E-state index in [4.69, 9.17) is 13.9 Å². The second-order valence-electron chi connectivity index (χ2n) is 5.07. The van der Waals surface area contributed by atoms with E-state index in [0.717, 1.165) is 24.4 Å². The summed E-state index contributed by atoms with van der Waals surface area (Å²) in [5.41, 5.74) is 0. The Morgan fingerprint density at radius 2 is 1.95 bits per heavy atom. The van der Waals surface area contributed by atoms with Gasteiger partial charge in [-0.3, -0.25) is 4.79 Å². The number of amides is 1. The Hall–Kier alpha value is -2.50. The lowest BCUT2D eigenvalue weighted by molar-refractivity contribution is 0.0641. The van der Waals surface area contributed by atoms with Gasteiger partial charge in [0.2, 0.25) is 5.76 Å². The molecule has 3 heterocycles. The standard InChI is InChI=1S/C15H15NO5/c1-9-4-5-11(20-9)10-3-2-8-16(10)14(17)12-6-7-13(21-12)15(18)19/h4-7,10H,2-3,8H2,1H3,(H,18,19). The van der Waals surface area contributed by atoms with Gasteiger partial charge in [0.05, 0.1) is 6.04 Å². The first kappa shape index (κ1) is 13.5. The molecule has 6 heteroatoms. The number of carbonyl (C=O) groups is 2. The molecular weight excluding hydrogens is 274 g/mol. The fourth-order valence-corrected chi connectivity index (χ4v) is 2.65. The Bertz CT molecular complexity index is 684. The average Bonchev–Trinajstić information content (AvgIpc) is 3.17. The molecule has 0 spiro atoms. The minimum absolute atomic E-state index is 0.0441. The first-order valence-corrected chi connectivity index (χ1v) is 6.76. The number of hydrogen-bond acceptors (Lipinski definition) is 4. The molecule has 1 atom stereocenters. The molecule has 1 fully saturated rings. The van der Waals surface area contributed by atoms with E-state index in [-0.39, 0.29) is 23.5 Å². The van der Waals surface area contributed by atoms with Crippen molar-refractivity contribution in [3.8, 4) is 0 Å². The van der Waals surface area contributed by atoms with Crippen molar-refractivity contribution in [3.63, 3.8) is 0 Å². The molecular formula is C15H15NO5. The number of carboxylic acid groups (broad SMARTS) is 1. The highest BCUT2D eigenvalue weighted by Gasteiger charge is 2.34. The van der Waals surface area contributed by atoms with Crippen molar-refractivity contribution in [1.82, 2.24) is 4.90 Å². The van der Waals surface area contributed by atoms with Crippen LogP contribution in [0, 0.1) is 6.92 Å². The summed E-state index contributed by atoms with van der Waals surface area (Å²) in [5.74, 6) is -0.128. The molecule has 0 aliphatic carbocycles. The number of furan rings is 2. The normalized spacial score (nSPS) is 18.1. The van der Waals surface area contributed by atoms with Crippen LogP contribution in [0.2, 0.25) is 0 Å². The number of aryl methyl sites for hydroxylation is 1. The Labute approximate surface area is 121 Å². The molecule has 0 radical (unpaired) electrons. The van der Waals surface area contributed by atoms with Crippen molar-refractivity contribution >= 4 is 11.9 Å². The van der Waals surface area contributed by atoms with E-state index in [1.165, 1.54) is 12.1 Å². The summed E-state index contributed by atoms with van der Waals surface area (Å²) in [4.78, 5) is 25.0. The van der Waals surface area contributed by atoms with Crippen LogP contribution < -0.4 is 0 Å². The number of hydrogen-bond donors (Lipinski definition) is 1. The van der Waals surface area contributed by atoms with Gasteiger partial charge in [0.1, 0.15) is 11.5 Å². The summed E-state index contributed by atoms with van der Waals surface area (Å²) in [6, 6.07) is 6.30. The fraction of sp³-hybridized carbons (Fsp3) is 0.333. The van der Waals surface area contributed by atoms with E-state index in [9.17, 15) is 9.59 Å². The van der Waals surface area contributed by atoms with Gasteiger partial charge >= 0.3 is 5.97 Å². The van der Waals surface area contributed by atoms with E-state index in [1.54, 1.807) is 4.90 Å². The zero-order chi connectivity index (χ0) is 15.0. The Morgan fingerprint density at radius 3 is 2.57 bits per heavy atom. The highest BCUT2D eigenvalue weighted by molar-refractivity contribution is 5.93. The van der Waals surface area contributed by atoms with Crippen LogP contribution in [-0.4, -0.2) is 28.4 Å². The predicted octanol–water partition coefficient (Wildman–Crippen LogP) is 2.86. The summed E-state index contributed by atoms with van der Waals surface area (Å²) < 4.78 is 10.7. The summed E-state index contributed by atoms with van der Waals surface area (Å²) >= 11 is 0. The Balaban J connectivity index is 1.84. The van der Waals surface area contributed by atoms with Gasteiger partial charge in [-0.15, -0.1) is 0 Å². The number of carboxylic acids is 1. The zero-order valence-electron chi connectivity index (χ0n) is 11.5. The molecule has 1 saturated heterocycles. The molecule has 2 aromatic heterocycles. The highest BCUT2D eigenvalue weighted by atomic mass is 16.4. The number of aromatic carboxylic acids is 1. The van der Waals surface area contributed by atoms with Gasteiger partial charge in [-0.05, 0) is 44.0 Å². The van der Waals surface area contributed by atoms with Gasteiger partial charge in [-0.2, -0.15) is 0 Å². The summed E-state index contributed by atoms with van der Waals surface area (Å²) in [6.45, 7) is 2.46. The third-order valence-electron chi connectivity index (χ3n) is 3.63. The van der Waals surface area contributed by atoms with Crippen molar-refractivity contribution in [2.45, 2.75) is 25.8 Å². The lowest BCUT2D eigenvalue weighted by atomic mass is 10.1. The van der Waals surface area contributed by atoms with Gasteiger partial charge in [0.15, 0.2) is 5.76 Å². The molecule has 21 heavy (non-hydrogen) atoms. The maximum Gasteiger partial charge on any atom is 0.371 e. The van der Waals surface area contributed by atoms with Gasteiger partial charge < -0.3 is 18.8 Å². The lowest BCUT2D eigenvalue weighted by Gasteiger charge is -2.22. The minimum Gasteiger partial charge on any atom is -0.475 e. The molecule has 1 aliphatic rings. The van der Waals surface area contributed by atoms with Crippen LogP contribution in [-0.2, 0) is 0 Å².